The van der Waals surface area contributed by atoms with E-state index >= 15 is 0 Å². The van der Waals surface area contributed by atoms with Crippen molar-refractivity contribution in [1.82, 2.24) is 5.32 Å². The molecule has 0 amide bonds. The van der Waals surface area contributed by atoms with E-state index < -0.39 is 0 Å². The summed E-state index contributed by atoms with van der Waals surface area (Å²) in [7, 11) is 0. The maximum atomic E-state index is 4.57. The highest BCUT2D eigenvalue weighted by molar-refractivity contribution is 7.20. The first kappa shape index (κ1) is 11.9. The molecule has 2 N–H and O–H groups in total. The summed E-state index contributed by atoms with van der Waals surface area (Å²) in [5.41, 5.74) is 3.26. The van der Waals surface area contributed by atoms with E-state index in [0.29, 0.717) is 0 Å². The molecular weight excluding hydrogens is 268 g/mol. The molecule has 2 aliphatic rings. The Labute approximate surface area is 122 Å². The zero-order chi connectivity index (χ0) is 13.4. The summed E-state index contributed by atoms with van der Waals surface area (Å²) in [6.45, 7) is 4.28. The van der Waals surface area contributed by atoms with E-state index in [4.69, 9.17) is 0 Å². The largest absolute Gasteiger partial charge is 0.361 e. The van der Waals surface area contributed by atoms with Crippen LogP contribution >= 0.6 is 11.3 Å². The molecule has 4 rings (SSSR count). The number of hydrogen-bond acceptors (Lipinski definition) is 5. The first-order chi connectivity index (χ1) is 9.90. The summed E-state index contributed by atoms with van der Waals surface area (Å²) in [4.78, 5) is 7.02. The summed E-state index contributed by atoms with van der Waals surface area (Å²) in [5.74, 6) is 0. The third kappa shape index (κ3) is 2.09. The number of piperazine rings is 1. The average molecular weight is 284 g/mol. The van der Waals surface area contributed by atoms with Gasteiger partial charge in [-0.15, -0.1) is 11.3 Å². The molecule has 2 aliphatic heterocycles. The van der Waals surface area contributed by atoms with Crippen LogP contribution in [0.5, 0.6) is 0 Å². The molecule has 0 unspecified atom stereocenters. The minimum absolute atomic E-state index is 1.000. The number of aliphatic imine (C=N–C) groups is 1. The highest BCUT2D eigenvalue weighted by atomic mass is 32.1. The monoisotopic (exact) mass is 284 g/mol. The van der Waals surface area contributed by atoms with Crippen LogP contribution < -0.4 is 15.5 Å². The molecule has 2 aromatic rings. The lowest BCUT2D eigenvalue weighted by Gasteiger charge is -2.27. The van der Waals surface area contributed by atoms with E-state index in [1.54, 1.807) is 0 Å². The van der Waals surface area contributed by atoms with Crippen LogP contribution in [0.4, 0.5) is 21.4 Å². The van der Waals surface area contributed by atoms with Crippen molar-refractivity contribution in [2.75, 3.05) is 36.4 Å². The second-order valence-corrected chi connectivity index (χ2v) is 6.04. The predicted molar refractivity (Wildman–Crippen MR) is 86.4 cm³/mol. The van der Waals surface area contributed by atoms with E-state index in [2.05, 4.69) is 32.7 Å². The number of anilines is 3. The number of hydrogen-bond donors (Lipinski definition) is 2. The second-order valence-electron chi connectivity index (χ2n) is 5.01. The lowest BCUT2D eigenvalue weighted by molar-refractivity contribution is 0.592. The molecule has 0 spiro atoms. The molecule has 0 radical (unpaired) electrons. The Bertz CT molecular complexity index is 656. The molecule has 3 heterocycles. The normalized spacial score (nSPS) is 17.1. The first-order valence-corrected chi connectivity index (χ1v) is 7.71. The molecule has 1 saturated heterocycles. The maximum Gasteiger partial charge on any atom is 0.104 e. The molecule has 102 valence electrons. The Morgan fingerprint density at radius 1 is 1.15 bits per heavy atom. The van der Waals surface area contributed by atoms with Gasteiger partial charge in [0.25, 0.3) is 0 Å². The molecule has 4 nitrogen and oxygen atoms in total. The fourth-order valence-corrected chi connectivity index (χ4v) is 3.68. The number of thiophene rings is 1. The van der Waals surface area contributed by atoms with E-state index in [9.17, 15) is 0 Å². The summed E-state index contributed by atoms with van der Waals surface area (Å²) in [6, 6.07) is 10.4. The van der Waals surface area contributed by atoms with Gasteiger partial charge in [0.15, 0.2) is 0 Å². The molecule has 0 bridgehead atoms. The van der Waals surface area contributed by atoms with Gasteiger partial charge in [-0.2, -0.15) is 0 Å². The van der Waals surface area contributed by atoms with E-state index in [1.165, 1.54) is 15.6 Å². The van der Waals surface area contributed by atoms with Crippen molar-refractivity contribution in [3.8, 4) is 0 Å². The molecule has 5 heteroatoms. The van der Waals surface area contributed by atoms with Gasteiger partial charge in [-0.1, -0.05) is 12.1 Å². The Kier molecular flexibility index (Phi) is 2.94. The summed E-state index contributed by atoms with van der Waals surface area (Å²) >= 11 is 1.81. The predicted octanol–water partition coefficient (Wildman–Crippen LogP) is 2.97. The maximum absolute atomic E-state index is 4.57. The number of rotatable bonds is 1. The standard InChI is InChI=1S/C15H16N4S/c1-2-4-13-12(3-1)17-10-11-9-14(20-15(11)18-13)19-7-5-16-6-8-19/h1-4,9-10,16,18H,5-8H2. The second kappa shape index (κ2) is 4.92. The van der Waals surface area contributed by atoms with Crippen molar-refractivity contribution >= 4 is 38.9 Å². The van der Waals surface area contributed by atoms with Crippen LogP contribution in [0.1, 0.15) is 5.56 Å². The third-order valence-corrected chi connectivity index (χ3v) is 4.80. The van der Waals surface area contributed by atoms with Crippen LogP contribution in [-0.4, -0.2) is 32.4 Å². The number of nitrogens with zero attached hydrogens (tertiary/aromatic N) is 2. The van der Waals surface area contributed by atoms with Crippen molar-refractivity contribution in [1.29, 1.82) is 0 Å². The minimum Gasteiger partial charge on any atom is -0.361 e. The van der Waals surface area contributed by atoms with Gasteiger partial charge in [-0.25, -0.2) is 0 Å². The molecular formula is C15H16N4S. The molecule has 1 aromatic heterocycles. The van der Waals surface area contributed by atoms with Gasteiger partial charge in [-0.3, -0.25) is 4.99 Å². The highest BCUT2D eigenvalue weighted by Gasteiger charge is 2.17. The lowest BCUT2D eigenvalue weighted by atomic mass is 10.3. The zero-order valence-electron chi connectivity index (χ0n) is 11.1. The van der Waals surface area contributed by atoms with Crippen LogP contribution in [0.2, 0.25) is 0 Å². The van der Waals surface area contributed by atoms with Gasteiger partial charge < -0.3 is 15.5 Å². The van der Waals surface area contributed by atoms with Crippen molar-refractivity contribution in [3.63, 3.8) is 0 Å². The SMILES string of the molecule is C1=Nc2ccccc2Nc2sc(N3CCNCC3)cc21. The zero-order valence-corrected chi connectivity index (χ0v) is 11.9. The Hall–Kier alpha value is -1.85. The van der Waals surface area contributed by atoms with Crippen LogP contribution in [0, 0.1) is 0 Å². The Balaban J connectivity index is 1.68. The van der Waals surface area contributed by atoms with Gasteiger partial charge >= 0.3 is 0 Å². The Morgan fingerprint density at radius 3 is 2.90 bits per heavy atom. The summed E-state index contributed by atoms with van der Waals surface area (Å²) in [5, 5.41) is 9.42. The van der Waals surface area contributed by atoms with Gasteiger partial charge in [-0.05, 0) is 18.2 Å². The number of nitrogens with one attached hydrogen (secondary N) is 2. The van der Waals surface area contributed by atoms with Gasteiger partial charge in [0.1, 0.15) is 5.00 Å². The minimum atomic E-state index is 1.000. The first-order valence-electron chi connectivity index (χ1n) is 6.90. The quantitative estimate of drug-likeness (QED) is 0.721. The van der Waals surface area contributed by atoms with Crippen molar-refractivity contribution in [2.45, 2.75) is 0 Å². The van der Waals surface area contributed by atoms with Gasteiger partial charge in [0.05, 0.1) is 16.4 Å². The van der Waals surface area contributed by atoms with Crippen molar-refractivity contribution < 1.29 is 0 Å². The molecule has 0 aliphatic carbocycles. The van der Waals surface area contributed by atoms with E-state index in [1.807, 2.05) is 35.8 Å². The number of para-hydroxylation sites is 2. The smallest absolute Gasteiger partial charge is 0.104 e. The fourth-order valence-electron chi connectivity index (χ4n) is 2.58. The fraction of sp³-hybridized carbons (Fsp3) is 0.267. The molecule has 0 atom stereocenters. The lowest BCUT2D eigenvalue weighted by Crippen LogP contribution is -2.43. The van der Waals surface area contributed by atoms with Crippen molar-refractivity contribution in [2.24, 2.45) is 4.99 Å². The van der Waals surface area contributed by atoms with E-state index in [0.717, 1.165) is 37.6 Å². The third-order valence-electron chi connectivity index (χ3n) is 3.67. The van der Waals surface area contributed by atoms with Gasteiger partial charge in [0, 0.05) is 38.0 Å². The topological polar surface area (TPSA) is 39.7 Å². The van der Waals surface area contributed by atoms with Crippen LogP contribution in [-0.2, 0) is 0 Å². The molecule has 20 heavy (non-hydrogen) atoms. The van der Waals surface area contributed by atoms with Crippen molar-refractivity contribution in [3.05, 3.63) is 35.9 Å². The highest BCUT2D eigenvalue weighted by Crippen LogP contribution is 2.40. The molecule has 0 saturated carbocycles. The molecule has 1 fully saturated rings. The van der Waals surface area contributed by atoms with Crippen LogP contribution in [0.15, 0.2) is 35.3 Å². The number of benzene rings is 1. The van der Waals surface area contributed by atoms with Gasteiger partial charge in [0.2, 0.25) is 0 Å². The van der Waals surface area contributed by atoms with E-state index in [-0.39, 0.29) is 0 Å². The average Bonchev–Trinajstić information content (AvgIpc) is 2.82. The number of fused-ring (bicyclic) bond motifs is 2. The molecule has 1 aromatic carbocycles. The summed E-state index contributed by atoms with van der Waals surface area (Å²) < 4.78 is 0. The van der Waals surface area contributed by atoms with Crippen LogP contribution in [0.25, 0.3) is 0 Å². The Morgan fingerprint density at radius 2 is 2.00 bits per heavy atom. The summed E-state index contributed by atoms with van der Waals surface area (Å²) in [6.07, 6.45) is 1.97. The van der Waals surface area contributed by atoms with Crippen LogP contribution in [0.3, 0.4) is 0 Å².